The lowest BCUT2D eigenvalue weighted by atomic mass is 9.99. The van der Waals surface area contributed by atoms with Crippen molar-refractivity contribution in [1.82, 2.24) is 14.6 Å². The van der Waals surface area contributed by atoms with Crippen molar-refractivity contribution in [2.45, 2.75) is 30.4 Å². The summed E-state index contributed by atoms with van der Waals surface area (Å²) in [6.45, 7) is -1.51. The molecule has 12 nitrogen and oxygen atoms in total. The maximum absolute atomic E-state index is 14.4. The Morgan fingerprint density at radius 3 is 2.37 bits per heavy atom. The van der Waals surface area contributed by atoms with Crippen LogP contribution in [0.25, 0.3) is 11.1 Å². The highest BCUT2D eigenvalue weighted by Crippen LogP contribution is 2.43. The molecule has 1 saturated heterocycles. The van der Waals surface area contributed by atoms with Crippen molar-refractivity contribution >= 4 is 0 Å². The SMILES string of the molecule is O=c1[nH]c(=O)n([C@@]2(O)O[C@H](CO)[C@@H](O)[C@]2(O)N(O)Cc2ccc(O)cc2)cc1-c1ccccc1F. The molecule has 2 aromatic carbocycles. The van der Waals surface area contributed by atoms with E-state index in [4.69, 9.17) is 4.74 Å². The third-order valence-corrected chi connectivity index (χ3v) is 5.83. The van der Waals surface area contributed by atoms with Gasteiger partial charge in [-0.25, -0.2) is 13.8 Å². The molecule has 0 bridgehead atoms. The minimum atomic E-state index is -3.28. The van der Waals surface area contributed by atoms with Crippen LogP contribution in [0.15, 0.2) is 64.3 Å². The second-order valence-electron chi connectivity index (χ2n) is 7.99. The summed E-state index contributed by atoms with van der Waals surface area (Å²) in [4.78, 5) is 27.0. The number of halogens is 1. The summed E-state index contributed by atoms with van der Waals surface area (Å²) < 4.78 is 19.9. The molecule has 35 heavy (non-hydrogen) atoms. The average molecular weight is 491 g/mol. The fraction of sp³-hybridized carbons (Fsp3) is 0.273. The molecule has 0 aliphatic carbocycles. The first-order chi connectivity index (χ1) is 16.5. The topological polar surface area (TPSA) is 189 Å². The number of nitrogens with one attached hydrogen (secondary N) is 1. The van der Waals surface area contributed by atoms with Crippen LogP contribution in [0.1, 0.15) is 5.56 Å². The number of aliphatic hydroxyl groups is 4. The van der Waals surface area contributed by atoms with Gasteiger partial charge >= 0.3 is 11.6 Å². The lowest BCUT2D eigenvalue weighted by Gasteiger charge is -2.42. The smallest absolute Gasteiger partial charge is 0.332 e. The van der Waals surface area contributed by atoms with Crippen LogP contribution in [0, 0.1) is 5.82 Å². The van der Waals surface area contributed by atoms with Gasteiger partial charge in [-0.2, -0.15) is 0 Å². The number of hydroxylamine groups is 2. The number of rotatable bonds is 6. The standard InChI is InChI=1S/C22H22FN3O9/c23-16-4-2-1-3-14(16)15-10-25(20(31)24-19(15)30)22(33)21(32,18(29)17(11-27)35-22)26(34)9-12-5-7-13(28)8-6-12/h1-8,10,17-18,27-29,32-34H,9,11H2,(H,24,30,31)/t17-,18-,21-,22+/m1/s1. The molecule has 4 rings (SSSR count). The van der Waals surface area contributed by atoms with E-state index in [2.05, 4.69) is 0 Å². The number of aromatic nitrogens is 2. The minimum absolute atomic E-state index is 0.0834. The Morgan fingerprint density at radius 1 is 1.09 bits per heavy atom. The summed E-state index contributed by atoms with van der Waals surface area (Å²) in [5, 5.41) is 63.4. The van der Waals surface area contributed by atoms with E-state index in [9.17, 15) is 44.7 Å². The number of benzene rings is 2. The molecule has 0 spiro atoms. The Labute approximate surface area is 195 Å². The highest BCUT2D eigenvalue weighted by atomic mass is 19.1. The van der Waals surface area contributed by atoms with Crippen LogP contribution in [0.4, 0.5) is 4.39 Å². The van der Waals surface area contributed by atoms with Crippen LogP contribution in [-0.4, -0.2) is 69.9 Å². The highest BCUT2D eigenvalue weighted by molar-refractivity contribution is 5.62. The quantitative estimate of drug-likeness (QED) is 0.166. The predicted octanol–water partition coefficient (Wildman–Crippen LogP) is -1.02. The number of aliphatic hydroxyl groups excluding tert-OH is 2. The van der Waals surface area contributed by atoms with Gasteiger partial charge in [0.05, 0.1) is 18.7 Å². The van der Waals surface area contributed by atoms with Gasteiger partial charge in [-0.05, 0) is 23.8 Å². The molecule has 13 heteroatoms. The van der Waals surface area contributed by atoms with E-state index in [-0.39, 0.29) is 20.9 Å². The van der Waals surface area contributed by atoms with E-state index < -0.39 is 59.6 Å². The molecular formula is C22H22FN3O9. The first-order valence-corrected chi connectivity index (χ1v) is 10.3. The Morgan fingerprint density at radius 2 is 1.74 bits per heavy atom. The van der Waals surface area contributed by atoms with Gasteiger partial charge in [0, 0.05) is 11.8 Å². The largest absolute Gasteiger partial charge is 0.508 e. The fourth-order valence-electron chi connectivity index (χ4n) is 3.97. The molecule has 1 aliphatic rings. The molecule has 1 fully saturated rings. The third kappa shape index (κ3) is 3.94. The number of aromatic amines is 1. The molecule has 3 aromatic rings. The molecule has 1 aromatic heterocycles. The third-order valence-electron chi connectivity index (χ3n) is 5.83. The van der Waals surface area contributed by atoms with Gasteiger partial charge in [-0.15, -0.1) is 5.06 Å². The second kappa shape index (κ2) is 8.98. The Kier molecular flexibility index (Phi) is 6.33. The lowest BCUT2D eigenvalue weighted by Crippen LogP contribution is -2.68. The van der Waals surface area contributed by atoms with Crippen molar-refractivity contribution in [2.24, 2.45) is 0 Å². The number of nitrogens with zero attached hydrogens (tertiary/aromatic N) is 2. The number of hydrogen-bond donors (Lipinski definition) is 7. The maximum atomic E-state index is 14.4. The van der Waals surface area contributed by atoms with E-state index in [1.807, 2.05) is 4.98 Å². The normalized spacial score (nSPS) is 26.4. The maximum Gasteiger partial charge on any atom is 0.332 e. The van der Waals surface area contributed by atoms with Crippen molar-refractivity contribution < 1.29 is 39.9 Å². The number of phenols is 1. The first-order valence-electron chi connectivity index (χ1n) is 10.3. The molecule has 4 atom stereocenters. The summed E-state index contributed by atoms with van der Waals surface area (Å²) in [6, 6.07) is 10.4. The Bertz CT molecular complexity index is 1340. The molecule has 2 heterocycles. The summed E-state index contributed by atoms with van der Waals surface area (Å²) in [5.41, 5.74) is -5.94. The Balaban J connectivity index is 1.87. The van der Waals surface area contributed by atoms with Crippen LogP contribution in [-0.2, 0) is 17.2 Å². The summed E-state index contributed by atoms with van der Waals surface area (Å²) in [6.07, 6.45) is -3.18. The molecule has 1 aliphatic heterocycles. The second-order valence-corrected chi connectivity index (χ2v) is 7.99. The molecule has 186 valence electrons. The Hall–Kier alpha value is -3.43. The number of aromatic hydroxyl groups is 1. The van der Waals surface area contributed by atoms with Crippen LogP contribution in [0.5, 0.6) is 5.75 Å². The number of H-pyrrole nitrogens is 1. The number of hydrogen-bond acceptors (Lipinski definition) is 10. The van der Waals surface area contributed by atoms with E-state index in [1.165, 1.54) is 42.5 Å². The fourth-order valence-corrected chi connectivity index (χ4v) is 3.97. The zero-order valence-corrected chi connectivity index (χ0v) is 17.9. The summed E-state index contributed by atoms with van der Waals surface area (Å²) in [5.74, 6) is -4.20. The molecule has 7 N–H and O–H groups in total. The van der Waals surface area contributed by atoms with Crippen molar-refractivity contribution in [1.29, 1.82) is 0 Å². The van der Waals surface area contributed by atoms with E-state index >= 15 is 0 Å². The average Bonchev–Trinajstić information content (AvgIpc) is 3.03. The van der Waals surface area contributed by atoms with Gasteiger partial charge in [0.25, 0.3) is 5.56 Å². The van der Waals surface area contributed by atoms with Gasteiger partial charge in [-0.1, -0.05) is 30.3 Å². The van der Waals surface area contributed by atoms with Crippen LogP contribution >= 0.6 is 0 Å². The molecular weight excluding hydrogens is 469 g/mol. The first kappa shape index (κ1) is 24.7. The van der Waals surface area contributed by atoms with Gasteiger partial charge < -0.3 is 35.5 Å². The summed E-state index contributed by atoms with van der Waals surface area (Å²) >= 11 is 0. The monoisotopic (exact) mass is 491 g/mol. The van der Waals surface area contributed by atoms with Gasteiger partial charge in [0.2, 0.25) is 5.72 Å². The van der Waals surface area contributed by atoms with E-state index in [0.29, 0.717) is 11.8 Å². The van der Waals surface area contributed by atoms with Gasteiger partial charge in [0.15, 0.2) is 0 Å². The molecule has 0 radical (unpaired) electrons. The molecule has 0 saturated carbocycles. The van der Waals surface area contributed by atoms with Crippen molar-refractivity contribution in [3.8, 4) is 16.9 Å². The van der Waals surface area contributed by atoms with Crippen LogP contribution in [0.2, 0.25) is 0 Å². The zero-order valence-electron chi connectivity index (χ0n) is 17.9. The summed E-state index contributed by atoms with van der Waals surface area (Å²) in [7, 11) is 0. The zero-order chi connectivity index (χ0) is 25.5. The van der Waals surface area contributed by atoms with Crippen LogP contribution in [0.3, 0.4) is 0 Å². The number of phenolic OH excluding ortho intramolecular Hbond substituents is 1. The van der Waals surface area contributed by atoms with E-state index in [0.717, 1.165) is 6.07 Å². The number of ether oxygens (including phenoxy) is 1. The van der Waals surface area contributed by atoms with Crippen LogP contribution < -0.4 is 11.2 Å². The van der Waals surface area contributed by atoms with Gasteiger partial charge in [-0.3, -0.25) is 9.78 Å². The van der Waals surface area contributed by atoms with Gasteiger partial charge in [0.1, 0.15) is 23.8 Å². The van der Waals surface area contributed by atoms with Crippen molar-refractivity contribution in [2.75, 3.05) is 6.61 Å². The molecule has 0 amide bonds. The van der Waals surface area contributed by atoms with Crippen molar-refractivity contribution in [3.05, 3.63) is 86.9 Å². The van der Waals surface area contributed by atoms with E-state index in [1.54, 1.807) is 0 Å². The highest BCUT2D eigenvalue weighted by Gasteiger charge is 2.70. The minimum Gasteiger partial charge on any atom is -0.508 e. The predicted molar refractivity (Wildman–Crippen MR) is 115 cm³/mol. The lowest BCUT2D eigenvalue weighted by molar-refractivity contribution is -0.413. The van der Waals surface area contributed by atoms with Crippen molar-refractivity contribution in [3.63, 3.8) is 0 Å². The molecule has 0 unspecified atom stereocenters.